The zero-order valence-corrected chi connectivity index (χ0v) is 18.4. The van der Waals surface area contributed by atoms with Crippen molar-refractivity contribution in [2.24, 2.45) is 0 Å². The molecule has 3 aromatic rings. The first-order chi connectivity index (χ1) is 14.8. The highest BCUT2D eigenvalue weighted by molar-refractivity contribution is 7.89. The number of carbonyl (C=O) groups excluding carboxylic acids is 1. The van der Waals surface area contributed by atoms with E-state index in [9.17, 15) is 18.0 Å². The number of fused-ring (bicyclic) bond motifs is 1. The molecule has 8 heteroatoms. The third-order valence-corrected chi connectivity index (χ3v) is 6.90. The average molecular weight is 441 g/mol. The lowest BCUT2D eigenvalue weighted by molar-refractivity contribution is -0.111. The Bertz CT molecular complexity index is 1290. The van der Waals surface area contributed by atoms with Gasteiger partial charge < -0.3 is 9.73 Å². The molecule has 1 heterocycles. The quantitative estimate of drug-likeness (QED) is 0.564. The van der Waals surface area contributed by atoms with Gasteiger partial charge >= 0.3 is 0 Å². The predicted molar refractivity (Wildman–Crippen MR) is 121 cm³/mol. The molecular weight excluding hydrogens is 416 g/mol. The van der Waals surface area contributed by atoms with E-state index in [1.807, 2.05) is 13.0 Å². The summed E-state index contributed by atoms with van der Waals surface area (Å²) < 4.78 is 31.9. The molecular formula is C23H24N2O5S. The maximum absolute atomic E-state index is 12.6. The van der Waals surface area contributed by atoms with E-state index in [1.165, 1.54) is 47.0 Å². The van der Waals surface area contributed by atoms with Gasteiger partial charge in [-0.05, 0) is 49.4 Å². The van der Waals surface area contributed by atoms with Crippen LogP contribution in [0.4, 0.5) is 5.69 Å². The maximum atomic E-state index is 12.6. The van der Waals surface area contributed by atoms with E-state index in [0.29, 0.717) is 29.7 Å². The lowest BCUT2D eigenvalue weighted by Gasteiger charge is -2.18. The van der Waals surface area contributed by atoms with Gasteiger partial charge in [-0.3, -0.25) is 9.59 Å². The van der Waals surface area contributed by atoms with Crippen LogP contribution in [0, 0.1) is 6.92 Å². The van der Waals surface area contributed by atoms with E-state index in [4.69, 9.17) is 4.42 Å². The highest BCUT2D eigenvalue weighted by Gasteiger charge is 2.21. The molecule has 3 rings (SSSR count). The number of carbonyl (C=O) groups is 1. The van der Waals surface area contributed by atoms with Crippen LogP contribution < -0.4 is 10.7 Å². The van der Waals surface area contributed by atoms with E-state index in [0.717, 1.165) is 5.56 Å². The number of nitrogens with one attached hydrogen (secondary N) is 1. The van der Waals surface area contributed by atoms with Gasteiger partial charge in [0.15, 0.2) is 5.43 Å². The molecule has 1 aromatic heterocycles. The summed E-state index contributed by atoms with van der Waals surface area (Å²) in [6.45, 7) is 6.20. The molecule has 0 saturated carbocycles. The number of anilines is 1. The smallest absolute Gasteiger partial charge is 0.248 e. The second-order valence-electron chi connectivity index (χ2n) is 6.96. The van der Waals surface area contributed by atoms with E-state index < -0.39 is 15.9 Å². The lowest BCUT2D eigenvalue weighted by atomic mass is 10.1. The Morgan fingerprint density at radius 2 is 1.77 bits per heavy atom. The number of amides is 1. The van der Waals surface area contributed by atoms with Gasteiger partial charge in [0.05, 0.1) is 15.8 Å². The number of aryl methyl sites for hydroxylation is 1. The number of sulfonamides is 1. The second kappa shape index (κ2) is 9.28. The largest absolute Gasteiger partial charge is 0.463 e. The van der Waals surface area contributed by atoms with Gasteiger partial charge in [-0.1, -0.05) is 25.5 Å². The fourth-order valence-electron chi connectivity index (χ4n) is 3.15. The normalized spacial score (nSPS) is 12.0. The van der Waals surface area contributed by atoms with Crippen molar-refractivity contribution in [3.05, 3.63) is 76.2 Å². The van der Waals surface area contributed by atoms with Gasteiger partial charge in [0, 0.05) is 24.9 Å². The molecule has 0 radical (unpaired) electrons. The Balaban J connectivity index is 1.74. The summed E-state index contributed by atoms with van der Waals surface area (Å²) in [5, 5.41) is 3.10. The first kappa shape index (κ1) is 22.5. The molecule has 0 bridgehead atoms. The predicted octanol–water partition coefficient (Wildman–Crippen LogP) is 3.78. The first-order valence-corrected chi connectivity index (χ1v) is 11.3. The number of hydrogen-bond acceptors (Lipinski definition) is 5. The molecule has 7 nitrogen and oxygen atoms in total. The fraction of sp³-hybridized carbons (Fsp3) is 0.217. The highest BCUT2D eigenvalue weighted by Crippen LogP contribution is 2.18. The van der Waals surface area contributed by atoms with Crippen molar-refractivity contribution in [1.82, 2.24) is 4.31 Å². The van der Waals surface area contributed by atoms with Crippen LogP contribution in [0.15, 0.2) is 68.9 Å². The van der Waals surface area contributed by atoms with Crippen molar-refractivity contribution in [3.63, 3.8) is 0 Å². The van der Waals surface area contributed by atoms with Crippen molar-refractivity contribution < 1.29 is 17.6 Å². The molecule has 0 saturated heterocycles. The van der Waals surface area contributed by atoms with Gasteiger partial charge in [-0.15, -0.1) is 0 Å². The minimum atomic E-state index is -3.56. The minimum Gasteiger partial charge on any atom is -0.463 e. The van der Waals surface area contributed by atoms with Crippen molar-refractivity contribution in [3.8, 4) is 0 Å². The van der Waals surface area contributed by atoms with Gasteiger partial charge in [0.1, 0.15) is 11.8 Å². The van der Waals surface area contributed by atoms with Gasteiger partial charge in [0.25, 0.3) is 0 Å². The van der Waals surface area contributed by atoms with Gasteiger partial charge in [-0.25, -0.2) is 8.42 Å². The van der Waals surface area contributed by atoms with Crippen LogP contribution in [0.5, 0.6) is 0 Å². The number of benzene rings is 2. The summed E-state index contributed by atoms with van der Waals surface area (Å²) >= 11 is 0. The zero-order chi connectivity index (χ0) is 22.6. The third kappa shape index (κ3) is 4.92. The summed E-state index contributed by atoms with van der Waals surface area (Å²) in [6.07, 6.45) is 3.94. The van der Waals surface area contributed by atoms with Gasteiger partial charge in [0.2, 0.25) is 15.9 Å². The molecule has 0 atom stereocenters. The van der Waals surface area contributed by atoms with Crippen LogP contribution in [0.3, 0.4) is 0 Å². The van der Waals surface area contributed by atoms with E-state index in [2.05, 4.69) is 5.32 Å². The fourth-order valence-corrected chi connectivity index (χ4v) is 4.61. The topological polar surface area (TPSA) is 96.7 Å². The average Bonchev–Trinajstić information content (AvgIpc) is 2.75. The summed E-state index contributed by atoms with van der Waals surface area (Å²) in [4.78, 5) is 25.0. The molecule has 0 spiro atoms. The molecule has 0 aliphatic rings. The lowest BCUT2D eigenvalue weighted by Crippen LogP contribution is -2.30. The van der Waals surface area contributed by atoms with E-state index >= 15 is 0 Å². The van der Waals surface area contributed by atoms with Crippen LogP contribution in [0.2, 0.25) is 0 Å². The van der Waals surface area contributed by atoms with Gasteiger partial charge in [-0.2, -0.15) is 4.31 Å². The van der Waals surface area contributed by atoms with Crippen molar-refractivity contribution in [2.45, 2.75) is 25.7 Å². The Kier molecular flexibility index (Phi) is 6.72. The van der Waals surface area contributed by atoms with Crippen molar-refractivity contribution in [2.75, 3.05) is 18.4 Å². The van der Waals surface area contributed by atoms with Crippen LogP contribution in [0.1, 0.15) is 25.0 Å². The second-order valence-corrected chi connectivity index (χ2v) is 8.89. The van der Waals surface area contributed by atoms with Crippen LogP contribution >= 0.6 is 0 Å². The molecule has 31 heavy (non-hydrogen) atoms. The van der Waals surface area contributed by atoms with Crippen LogP contribution in [-0.2, 0) is 14.8 Å². The molecule has 162 valence electrons. The Morgan fingerprint density at radius 1 is 1.10 bits per heavy atom. The van der Waals surface area contributed by atoms with Crippen molar-refractivity contribution >= 4 is 38.7 Å². The standard InChI is InChI=1S/C23H24N2O5S/c1-4-25(5-2)31(28,29)19-10-8-18(9-11-19)24-22(26)13-7-17-15-30-21-12-6-16(3)14-20(21)23(17)27/h6-15H,4-5H2,1-3H3,(H,24,26)/b13-7+. The molecule has 1 amide bonds. The number of nitrogens with zero attached hydrogens (tertiary/aromatic N) is 1. The molecule has 2 aromatic carbocycles. The first-order valence-electron chi connectivity index (χ1n) is 9.87. The Morgan fingerprint density at radius 3 is 2.42 bits per heavy atom. The number of hydrogen-bond donors (Lipinski definition) is 1. The third-order valence-electron chi connectivity index (χ3n) is 4.83. The molecule has 0 fully saturated rings. The Labute approximate surface area is 181 Å². The summed E-state index contributed by atoms with van der Waals surface area (Å²) in [7, 11) is -3.56. The molecule has 1 N–H and O–H groups in total. The van der Waals surface area contributed by atoms with Crippen molar-refractivity contribution in [1.29, 1.82) is 0 Å². The zero-order valence-electron chi connectivity index (χ0n) is 17.6. The van der Waals surface area contributed by atoms with Crippen LogP contribution in [0.25, 0.3) is 17.0 Å². The van der Waals surface area contributed by atoms with E-state index in [-0.39, 0.29) is 15.9 Å². The summed E-state index contributed by atoms with van der Waals surface area (Å²) in [5.74, 6) is -0.455. The molecule has 0 aliphatic carbocycles. The monoisotopic (exact) mass is 440 g/mol. The minimum absolute atomic E-state index is 0.161. The molecule has 0 unspecified atom stereocenters. The Hall–Kier alpha value is -3.23. The number of rotatable bonds is 7. The summed E-state index contributed by atoms with van der Waals surface area (Å²) in [5.41, 5.74) is 1.89. The maximum Gasteiger partial charge on any atom is 0.248 e. The van der Waals surface area contributed by atoms with Crippen LogP contribution in [-0.4, -0.2) is 31.7 Å². The summed E-state index contributed by atoms with van der Waals surface area (Å²) in [6, 6.07) is 11.3. The van der Waals surface area contributed by atoms with E-state index in [1.54, 1.807) is 26.0 Å². The highest BCUT2D eigenvalue weighted by atomic mass is 32.2. The molecule has 0 aliphatic heterocycles. The SMILES string of the molecule is CCN(CC)S(=O)(=O)c1ccc(NC(=O)/C=C/c2coc3ccc(C)cc3c2=O)cc1.